The van der Waals surface area contributed by atoms with Crippen LogP contribution in [-0.2, 0) is 14.9 Å². The normalized spacial score (nSPS) is 10.8. The van der Waals surface area contributed by atoms with E-state index in [-0.39, 0.29) is 10.6 Å². The number of ether oxygens (including phenoxy) is 1. The second-order valence-corrected chi connectivity index (χ2v) is 5.41. The lowest BCUT2D eigenvalue weighted by Gasteiger charge is -2.07. The Balaban J connectivity index is 2.20. The Morgan fingerprint density at radius 1 is 0.950 bits per heavy atom. The highest BCUT2D eigenvalue weighted by atomic mass is 32.2. The van der Waals surface area contributed by atoms with Crippen LogP contribution < -0.4 is 4.18 Å². The zero-order valence-corrected chi connectivity index (χ0v) is 11.5. The standard InChI is InChI=1S/C14H12O5S/c1-18-14(15)11-7-9-12(10-8-11)19-20(16,17)13-5-3-2-4-6-13/h2-10H,1H3. The molecule has 0 radical (unpaired) electrons. The van der Waals surface area contributed by atoms with Crippen molar-refractivity contribution >= 4 is 16.1 Å². The Bertz CT molecular complexity index is 690. The zero-order chi connectivity index (χ0) is 14.6. The van der Waals surface area contributed by atoms with Gasteiger partial charge in [0.15, 0.2) is 0 Å². The van der Waals surface area contributed by atoms with Gasteiger partial charge in [-0.2, -0.15) is 8.42 Å². The van der Waals surface area contributed by atoms with Crippen LogP contribution in [0.3, 0.4) is 0 Å². The van der Waals surface area contributed by atoms with E-state index in [0.29, 0.717) is 5.56 Å². The van der Waals surface area contributed by atoms with Gasteiger partial charge in [0.1, 0.15) is 10.6 Å². The van der Waals surface area contributed by atoms with E-state index in [1.807, 2.05) is 0 Å². The highest BCUT2D eigenvalue weighted by molar-refractivity contribution is 7.87. The summed E-state index contributed by atoms with van der Waals surface area (Å²) in [6.07, 6.45) is 0. The van der Waals surface area contributed by atoms with Crippen LogP contribution in [0, 0.1) is 0 Å². The lowest BCUT2D eigenvalue weighted by molar-refractivity contribution is 0.0600. The van der Waals surface area contributed by atoms with Gasteiger partial charge < -0.3 is 8.92 Å². The summed E-state index contributed by atoms with van der Waals surface area (Å²) in [5.41, 5.74) is 0.317. The van der Waals surface area contributed by atoms with Crippen molar-refractivity contribution in [2.45, 2.75) is 4.90 Å². The number of carbonyl (C=O) groups excluding carboxylic acids is 1. The van der Waals surface area contributed by atoms with Crippen molar-refractivity contribution in [2.24, 2.45) is 0 Å². The zero-order valence-electron chi connectivity index (χ0n) is 10.6. The predicted octanol–water partition coefficient (Wildman–Crippen LogP) is 2.24. The van der Waals surface area contributed by atoms with Crippen molar-refractivity contribution < 1.29 is 22.1 Å². The summed E-state index contributed by atoms with van der Waals surface area (Å²) in [7, 11) is -2.60. The molecule has 0 saturated heterocycles. The summed E-state index contributed by atoms with van der Waals surface area (Å²) in [6.45, 7) is 0. The maximum Gasteiger partial charge on any atom is 0.339 e. The molecule has 0 amide bonds. The molecule has 20 heavy (non-hydrogen) atoms. The van der Waals surface area contributed by atoms with Gasteiger partial charge in [0, 0.05) is 0 Å². The highest BCUT2D eigenvalue weighted by Gasteiger charge is 2.16. The maximum atomic E-state index is 12.0. The van der Waals surface area contributed by atoms with Gasteiger partial charge in [0.05, 0.1) is 12.7 Å². The van der Waals surface area contributed by atoms with Crippen LogP contribution >= 0.6 is 0 Å². The van der Waals surface area contributed by atoms with Gasteiger partial charge in [-0.1, -0.05) is 18.2 Å². The predicted molar refractivity (Wildman–Crippen MR) is 72.0 cm³/mol. The monoisotopic (exact) mass is 292 g/mol. The number of rotatable bonds is 4. The molecule has 0 N–H and O–H groups in total. The molecule has 0 heterocycles. The van der Waals surface area contributed by atoms with E-state index in [0.717, 1.165) is 0 Å². The van der Waals surface area contributed by atoms with Crippen LogP contribution in [0.15, 0.2) is 59.5 Å². The van der Waals surface area contributed by atoms with Crippen molar-refractivity contribution in [3.63, 3.8) is 0 Å². The smallest absolute Gasteiger partial charge is 0.339 e. The molecule has 0 aliphatic heterocycles. The fraction of sp³-hybridized carbons (Fsp3) is 0.0714. The topological polar surface area (TPSA) is 69.7 Å². The number of methoxy groups -OCH3 is 1. The van der Waals surface area contributed by atoms with Crippen molar-refractivity contribution in [1.29, 1.82) is 0 Å². The summed E-state index contributed by atoms with van der Waals surface area (Å²) in [5.74, 6) is -0.371. The van der Waals surface area contributed by atoms with E-state index in [2.05, 4.69) is 4.74 Å². The molecule has 0 bridgehead atoms. The second-order valence-electron chi connectivity index (χ2n) is 3.87. The summed E-state index contributed by atoms with van der Waals surface area (Å²) >= 11 is 0. The molecule has 0 saturated carbocycles. The average molecular weight is 292 g/mol. The summed E-state index contributed by atoms with van der Waals surface area (Å²) in [5, 5.41) is 0. The van der Waals surface area contributed by atoms with Gasteiger partial charge in [-0.25, -0.2) is 4.79 Å². The molecule has 104 valence electrons. The van der Waals surface area contributed by atoms with E-state index < -0.39 is 16.1 Å². The molecule has 2 aromatic carbocycles. The quantitative estimate of drug-likeness (QED) is 0.638. The van der Waals surface area contributed by atoms with Crippen molar-refractivity contribution in [3.8, 4) is 5.75 Å². The van der Waals surface area contributed by atoms with Crippen molar-refractivity contribution in [3.05, 3.63) is 60.2 Å². The Kier molecular flexibility index (Phi) is 4.05. The molecule has 6 heteroatoms. The molecule has 0 unspecified atom stereocenters. The third-order valence-electron chi connectivity index (χ3n) is 2.51. The van der Waals surface area contributed by atoms with Gasteiger partial charge in [-0.05, 0) is 36.4 Å². The minimum Gasteiger partial charge on any atom is -0.465 e. The Hall–Kier alpha value is -2.34. The molecule has 0 aliphatic rings. The summed E-state index contributed by atoms with van der Waals surface area (Å²) < 4.78 is 33.5. The third-order valence-corrected chi connectivity index (χ3v) is 3.77. The maximum absolute atomic E-state index is 12.0. The van der Waals surface area contributed by atoms with E-state index >= 15 is 0 Å². The number of esters is 1. The van der Waals surface area contributed by atoms with Crippen LogP contribution in [0.5, 0.6) is 5.75 Å². The Morgan fingerprint density at radius 2 is 1.55 bits per heavy atom. The van der Waals surface area contributed by atoms with Crippen molar-refractivity contribution in [2.75, 3.05) is 7.11 Å². The molecular weight excluding hydrogens is 280 g/mol. The first kappa shape index (κ1) is 14.1. The minimum atomic E-state index is -3.87. The average Bonchev–Trinajstić information content (AvgIpc) is 2.48. The van der Waals surface area contributed by atoms with Gasteiger partial charge >= 0.3 is 16.1 Å². The minimum absolute atomic E-state index is 0.0667. The fourth-order valence-electron chi connectivity index (χ4n) is 1.53. The molecule has 0 spiro atoms. The van der Waals surface area contributed by atoms with E-state index in [1.165, 1.54) is 43.5 Å². The highest BCUT2D eigenvalue weighted by Crippen LogP contribution is 2.19. The summed E-state index contributed by atoms with van der Waals surface area (Å²) in [4.78, 5) is 11.3. The van der Waals surface area contributed by atoms with Gasteiger partial charge in [-0.3, -0.25) is 0 Å². The van der Waals surface area contributed by atoms with Crippen LogP contribution in [0.2, 0.25) is 0 Å². The molecule has 0 fully saturated rings. The number of hydrogen-bond donors (Lipinski definition) is 0. The molecular formula is C14H12O5S. The summed E-state index contributed by atoms with van der Waals surface area (Å²) in [6, 6.07) is 13.5. The number of hydrogen-bond acceptors (Lipinski definition) is 5. The van der Waals surface area contributed by atoms with Gasteiger partial charge in [-0.15, -0.1) is 0 Å². The molecule has 0 aromatic heterocycles. The van der Waals surface area contributed by atoms with Gasteiger partial charge in [0.25, 0.3) is 0 Å². The molecule has 2 rings (SSSR count). The Labute approximate surface area is 116 Å². The van der Waals surface area contributed by atoms with E-state index in [4.69, 9.17) is 4.18 Å². The van der Waals surface area contributed by atoms with E-state index in [9.17, 15) is 13.2 Å². The van der Waals surface area contributed by atoms with Crippen LogP contribution in [-0.4, -0.2) is 21.5 Å². The number of carbonyl (C=O) groups is 1. The lowest BCUT2D eigenvalue weighted by Crippen LogP contribution is -2.09. The van der Waals surface area contributed by atoms with Crippen LogP contribution in [0.1, 0.15) is 10.4 Å². The first-order valence-corrected chi connectivity index (χ1v) is 7.12. The molecule has 0 aliphatic carbocycles. The first-order valence-electron chi connectivity index (χ1n) is 5.71. The molecule has 0 atom stereocenters. The van der Waals surface area contributed by atoms with E-state index in [1.54, 1.807) is 18.2 Å². The second kappa shape index (κ2) is 5.75. The van der Waals surface area contributed by atoms with Gasteiger partial charge in [0.2, 0.25) is 0 Å². The first-order chi connectivity index (χ1) is 9.53. The number of benzene rings is 2. The largest absolute Gasteiger partial charge is 0.465 e. The molecule has 5 nitrogen and oxygen atoms in total. The molecule has 2 aromatic rings. The lowest BCUT2D eigenvalue weighted by atomic mass is 10.2. The van der Waals surface area contributed by atoms with Crippen molar-refractivity contribution in [1.82, 2.24) is 0 Å². The van der Waals surface area contributed by atoms with Crippen LogP contribution in [0.4, 0.5) is 0 Å². The Morgan fingerprint density at radius 3 is 2.10 bits per heavy atom. The van der Waals surface area contributed by atoms with Crippen LogP contribution in [0.25, 0.3) is 0 Å². The fourth-order valence-corrected chi connectivity index (χ4v) is 2.48. The third kappa shape index (κ3) is 3.16. The SMILES string of the molecule is COC(=O)c1ccc(OS(=O)(=O)c2ccccc2)cc1.